The minimum Gasteiger partial charge on any atom is -0.316 e. The van der Waals surface area contributed by atoms with Crippen LogP contribution in [0.4, 0.5) is 0 Å². The molecule has 2 aromatic heterocycles. The summed E-state index contributed by atoms with van der Waals surface area (Å²) < 4.78 is 28.5. The number of aromatic nitrogens is 3. The van der Waals surface area contributed by atoms with Crippen LogP contribution in [0.15, 0.2) is 17.2 Å². The molecule has 0 aliphatic heterocycles. The normalized spacial score (nSPS) is 11.6. The quantitative estimate of drug-likeness (QED) is 0.755. The van der Waals surface area contributed by atoms with E-state index in [1.54, 1.807) is 17.8 Å². The molecule has 0 atom stereocenters. The molecule has 0 bridgehead atoms. The average Bonchev–Trinajstić information content (AvgIpc) is 2.70. The number of nitrogens with one attached hydrogen (secondary N) is 2. The fourth-order valence-corrected chi connectivity index (χ4v) is 2.97. The lowest BCUT2D eigenvalue weighted by molar-refractivity contribution is 0.577. The van der Waals surface area contributed by atoms with E-state index in [0.717, 1.165) is 17.6 Å². The van der Waals surface area contributed by atoms with Crippen LogP contribution in [-0.2, 0) is 17.1 Å². The first kappa shape index (κ1) is 17.8. The lowest BCUT2D eigenvalue weighted by atomic mass is 10.3. The third-order valence-electron chi connectivity index (χ3n) is 2.99. The monoisotopic (exact) mass is 333 g/mol. The molecule has 0 amide bonds. The van der Waals surface area contributed by atoms with E-state index < -0.39 is 10.0 Å². The Hall–Kier alpha value is -1.22. The minimum absolute atomic E-state index is 0. The van der Waals surface area contributed by atoms with Crippen LogP contribution < -0.4 is 10.0 Å². The Bertz CT molecular complexity index is 714. The van der Waals surface area contributed by atoms with Gasteiger partial charge in [-0.15, -0.1) is 12.4 Å². The topological polar surface area (TPSA) is 88.9 Å². The van der Waals surface area contributed by atoms with E-state index in [4.69, 9.17) is 0 Å². The van der Waals surface area contributed by atoms with E-state index in [0.29, 0.717) is 18.7 Å². The highest BCUT2D eigenvalue weighted by molar-refractivity contribution is 7.89. The van der Waals surface area contributed by atoms with Gasteiger partial charge < -0.3 is 5.32 Å². The molecule has 2 heterocycles. The maximum atomic E-state index is 12.2. The summed E-state index contributed by atoms with van der Waals surface area (Å²) in [5, 5.41) is 8.04. The Morgan fingerprint density at radius 1 is 1.33 bits per heavy atom. The van der Waals surface area contributed by atoms with Crippen molar-refractivity contribution in [3.63, 3.8) is 0 Å². The van der Waals surface area contributed by atoms with Crippen LogP contribution in [0.2, 0.25) is 0 Å². The number of likely N-dealkylation sites (N-methyl/N-ethyl adjacent to an activating group) is 1. The number of nitrogens with zero attached hydrogens (tertiary/aromatic N) is 3. The molecular weight excluding hydrogens is 314 g/mol. The van der Waals surface area contributed by atoms with Crippen LogP contribution in [0, 0.1) is 6.92 Å². The van der Waals surface area contributed by atoms with Gasteiger partial charge in [-0.05, 0) is 19.5 Å². The summed E-state index contributed by atoms with van der Waals surface area (Å²) in [5.74, 6) is 0. The van der Waals surface area contributed by atoms with Gasteiger partial charge in [0.2, 0.25) is 10.0 Å². The Morgan fingerprint density at radius 3 is 2.71 bits per heavy atom. The number of sulfonamides is 1. The van der Waals surface area contributed by atoms with Gasteiger partial charge in [-0.3, -0.25) is 4.68 Å². The van der Waals surface area contributed by atoms with Gasteiger partial charge in [-0.25, -0.2) is 18.1 Å². The molecule has 0 saturated carbocycles. The van der Waals surface area contributed by atoms with Gasteiger partial charge in [0.05, 0.1) is 5.69 Å². The predicted molar refractivity (Wildman–Crippen MR) is 84.2 cm³/mol. The van der Waals surface area contributed by atoms with E-state index >= 15 is 0 Å². The zero-order valence-electron chi connectivity index (χ0n) is 12.3. The van der Waals surface area contributed by atoms with Crippen molar-refractivity contribution in [1.82, 2.24) is 24.8 Å². The second kappa shape index (κ2) is 7.17. The van der Waals surface area contributed by atoms with E-state index in [9.17, 15) is 8.42 Å². The van der Waals surface area contributed by atoms with Crippen molar-refractivity contribution in [1.29, 1.82) is 0 Å². The Kier molecular flexibility index (Phi) is 6.09. The van der Waals surface area contributed by atoms with Crippen LogP contribution in [0.1, 0.15) is 12.6 Å². The molecule has 0 radical (unpaired) electrons. The van der Waals surface area contributed by atoms with Gasteiger partial charge in [0.15, 0.2) is 5.65 Å². The van der Waals surface area contributed by atoms with Crippen molar-refractivity contribution in [3.05, 3.63) is 18.0 Å². The van der Waals surface area contributed by atoms with Crippen LogP contribution in [0.3, 0.4) is 0 Å². The van der Waals surface area contributed by atoms with Crippen LogP contribution >= 0.6 is 12.4 Å². The number of rotatable bonds is 6. The van der Waals surface area contributed by atoms with E-state index in [1.807, 2.05) is 13.8 Å². The Morgan fingerprint density at radius 2 is 2.05 bits per heavy atom. The number of hydrogen-bond acceptors (Lipinski definition) is 5. The molecule has 2 rings (SSSR count). The smallest absolute Gasteiger partial charge is 0.242 e. The molecule has 0 fully saturated rings. The predicted octanol–water partition coefficient (Wildman–Crippen LogP) is 0.586. The lowest BCUT2D eigenvalue weighted by Crippen LogP contribution is -2.31. The highest BCUT2D eigenvalue weighted by Crippen LogP contribution is 2.18. The second-order valence-electron chi connectivity index (χ2n) is 4.50. The molecule has 21 heavy (non-hydrogen) atoms. The summed E-state index contributed by atoms with van der Waals surface area (Å²) in [6, 6.07) is 1.61. The molecule has 0 aromatic carbocycles. The molecule has 2 N–H and O–H groups in total. The Balaban J connectivity index is 0.00000220. The third kappa shape index (κ3) is 3.91. The molecule has 0 spiro atoms. The van der Waals surface area contributed by atoms with Crippen LogP contribution in [0.25, 0.3) is 11.0 Å². The molecule has 118 valence electrons. The molecule has 7 nitrogen and oxygen atoms in total. The number of hydrogen-bond donors (Lipinski definition) is 2. The fraction of sp³-hybridized carbons (Fsp3) is 0.500. The van der Waals surface area contributed by atoms with Gasteiger partial charge in [0.25, 0.3) is 0 Å². The molecule has 9 heteroatoms. The second-order valence-corrected chi connectivity index (χ2v) is 6.27. The molecule has 2 aromatic rings. The molecule has 0 aliphatic rings. The van der Waals surface area contributed by atoms with Crippen molar-refractivity contribution >= 4 is 33.5 Å². The van der Waals surface area contributed by atoms with E-state index in [-0.39, 0.29) is 17.3 Å². The number of aryl methyl sites for hydroxylation is 2. The fourth-order valence-electron chi connectivity index (χ4n) is 1.97. The van der Waals surface area contributed by atoms with E-state index in [2.05, 4.69) is 20.1 Å². The maximum Gasteiger partial charge on any atom is 0.242 e. The van der Waals surface area contributed by atoms with Crippen molar-refractivity contribution in [2.75, 3.05) is 19.6 Å². The van der Waals surface area contributed by atoms with Crippen molar-refractivity contribution < 1.29 is 8.42 Å². The number of fused-ring (bicyclic) bond motifs is 1. The zero-order chi connectivity index (χ0) is 14.8. The molecular formula is C12H20ClN5O2S. The summed E-state index contributed by atoms with van der Waals surface area (Å²) in [4.78, 5) is 4.34. The van der Waals surface area contributed by atoms with Crippen molar-refractivity contribution in [3.8, 4) is 0 Å². The summed E-state index contributed by atoms with van der Waals surface area (Å²) in [6.07, 6.45) is 1.36. The lowest BCUT2D eigenvalue weighted by Gasteiger charge is -2.07. The van der Waals surface area contributed by atoms with Gasteiger partial charge in [0.1, 0.15) is 4.90 Å². The Labute approximate surface area is 130 Å². The van der Waals surface area contributed by atoms with Gasteiger partial charge in [-0.1, -0.05) is 6.92 Å². The van der Waals surface area contributed by atoms with Crippen LogP contribution in [0.5, 0.6) is 0 Å². The number of halogens is 1. The SMILES string of the molecule is CCNCCNS(=O)(=O)c1cnc2c(c1)c(C)nn2C.Cl. The highest BCUT2D eigenvalue weighted by Gasteiger charge is 2.16. The van der Waals surface area contributed by atoms with Crippen molar-refractivity contribution in [2.45, 2.75) is 18.7 Å². The highest BCUT2D eigenvalue weighted by atomic mass is 35.5. The van der Waals surface area contributed by atoms with Gasteiger partial charge in [-0.2, -0.15) is 5.10 Å². The number of pyridine rings is 1. The van der Waals surface area contributed by atoms with Crippen LogP contribution in [-0.4, -0.2) is 42.8 Å². The third-order valence-corrected chi connectivity index (χ3v) is 4.42. The largest absolute Gasteiger partial charge is 0.316 e. The van der Waals surface area contributed by atoms with Gasteiger partial charge >= 0.3 is 0 Å². The summed E-state index contributed by atoms with van der Waals surface area (Å²) in [5.41, 5.74) is 1.44. The minimum atomic E-state index is -3.53. The van der Waals surface area contributed by atoms with E-state index in [1.165, 1.54) is 6.20 Å². The standard InChI is InChI=1S/C12H19N5O2S.ClH/c1-4-13-5-6-15-20(18,19)10-7-11-9(2)16-17(3)12(11)14-8-10;/h7-8,13,15H,4-6H2,1-3H3;1H. The first-order valence-electron chi connectivity index (χ1n) is 6.45. The summed E-state index contributed by atoms with van der Waals surface area (Å²) in [7, 11) is -1.75. The molecule has 0 saturated heterocycles. The summed E-state index contributed by atoms with van der Waals surface area (Å²) in [6.45, 7) is 5.55. The molecule has 0 unspecified atom stereocenters. The average molecular weight is 334 g/mol. The summed E-state index contributed by atoms with van der Waals surface area (Å²) >= 11 is 0. The molecule has 0 aliphatic carbocycles. The van der Waals surface area contributed by atoms with Gasteiger partial charge in [0, 0.05) is 31.7 Å². The van der Waals surface area contributed by atoms with Crippen molar-refractivity contribution in [2.24, 2.45) is 7.05 Å². The zero-order valence-corrected chi connectivity index (χ0v) is 13.9. The maximum absolute atomic E-state index is 12.2. The first-order chi connectivity index (χ1) is 9.45. The first-order valence-corrected chi connectivity index (χ1v) is 7.93.